The molecule has 0 aliphatic carbocycles. The number of aryl methyl sites for hydroxylation is 1. The van der Waals surface area contributed by atoms with E-state index in [2.05, 4.69) is 10.0 Å². The maximum atomic E-state index is 12.2. The Kier molecular flexibility index (Phi) is 4.28. The van der Waals surface area contributed by atoms with Gasteiger partial charge in [-0.25, -0.2) is 8.42 Å². The van der Waals surface area contributed by atoms with Crippen LogP contribution in [0.2, 0.25) is 0 Å². The molecular formula is C15H16N2O3S. The van der Waals surface area contributed by atoms with Crippen molar-refractivity contribution in [1.82, 2.24) is 5.32 Å². The van der Waals surface area contributed by atoms with E-state index in [1.165, 1.54) is 12.1 Å². The Morgan fingerprint density at radius 1 is 1.05 bits per heavy atom. The molecule has 2 aromatic rings. The summed E-state index contributed by atoms with van der Waals surface area (Å²) in [5.74, 6) is -0.212. The van der Waals surface area contributed by atoms with Crippen molar-refractivity contribution in [1.29, 1.82) is 0 Å². The molecule has 0 aliphatic heterocycles. The molecule has 0 heterocycles. The van der Waals surface area contributed by atoms with Crippen molar-refractivity contribution in [3.05, 3.63) is 59.7 Å². The van der Waals surface area contributed by atoms with Crippen LogP contribution in [0.5, 0.6) is 0 Å². The predicted octanol–water partition coefficient (Wildman–Crippen LogP) is 2.16. The highest BCUT2D eigenvalue weighted by Crippen LogP contribution is 2.20. The molecule has 2 rings (SSSR count). The van der Waals surface area contributed by atoms with Crippen LogP contribution in [0, 0.1) is 6.92 Å². The van der Waals surface area contributed by atoms with Gasteiger partial charge in [-0.1, -0.05) is 18.2 Å². The van der Waals surface area contributed by atoms with Gasteiger partial charge in [-0.3, -0.25) is 9.52 Å². The third-order valence-corrected chi connectivity index (χ3v) is 4.39. The average molecular weight is 304 g/mol. The number of rotatable bonds is 4. The second-order valence-corrected chi connectivity index (χ2v) is 6.21. The summed E-state index contributed by atoms with van der Waals surface area (Å²) in [6.45, 7) is 1.75. The smallest absolute Gasteiger partial charge is 0.261 e. The molecule has 5 nitrogen and oxygen atoms in total. The van der Waals surface area contributed by atoms with Crippen molar-refractivity contribution in [3.8, 4) is 0 Å². The SMILES string of the molecule is CNC(=O)c1ccc(NS(=O)(=O)c2ccccc2)c(C)c1. The highest BCUT2D eigenvalue weighted by Gasteiger charge is 2.15. The van der Waals surface area contributed by atoms with E-state index in [9.17, 15) is 13.2 Å². The molecular weight excluding hydrogens is 288 g/mol. The first kappa shape index (κ1) is 15.1. The van der Waals surface area contributed by atoms with Crippen LogP contribution in [-0.2, 0) is 10.0 Å². The Morgan fingerprint density at radius 2 is 1.71 bits per heavy atom. The fraction of sp³-hybridized carbons (Fsp3) is 0.133. The number of benzene rings is 2. The lowest BCUT2D eigenvalue weighted by molar-refractivity contribution is 0.0963. The zero-order valence-electron chi connectivity index (χ0n) is 11.8. The summed E-state index contributed by atoms with van der Waals surface area (Å²) in [5.41, 5.74) is 1.61. The van der Waals surface area contributed by atoms with Crippen molar-refractivity contribution in [3.63, 3.8) is 0 Å². The molecule has 0 spiro atoms. The van der Waals surface area contributed by atoms with E-state index in [-0.39, 0.29) is 10.8 Å². The first-order valence-electron chi connectivity index (χ1n) is 6.34. The van der Waals surface area contributed by atoms with E-state index < -0.39 is 10.0 Å². The molecule has 0 bridgehead atoms. The minimum Gasteiger partial charge on any atom is -0.355 e. The van der Waals surface area contributed by atoms with Crippen molar-refractivity contribution in [2.75, 3.05) is 11.8 Å². The number of sulfonamides is 1. The molecule has 6 heteroatoms. The lowest BCUT2D eigenvalue weighted by atomic mass is 10.1. The fourth-order valence-electron chi connectivity index (χ4n) is 1.87. The number of hydrogen-bond donors (Lipinski definition) is 2. The van der Waals surface area contributed by atoms with E-state index >= 15 is 0 Å². The second-order valence-electron chi connectivity index (χ2n) is 4.53. The van der Waals surface area contributed by atoms with Gasteiger partial charge in [0.1, 0.15) is 0 Å². The maximum absolute atomic E-state index is 12.2. The zero-order valence-corrected chi connectivity index (χ0v) is 12.6. The van der Waals surface area contributed by atoms with Crippen molar-refractivity contribution in [2.24, 2.45) is 0 Å². The van der Waals surface area contributed by atoms with E-state index in [0.717, 1.165) is 0 Å². The third-order valence-electron chi connectivity index (χ3n) is 3.01. The first-order valence-corrected chi connectivity index (χ1v) is 7.83. The Hall–Kier alpha value is -2.34. The van der Waals surface area contributed by atoms with Gasteiger partial charge in [-0.2, -0.15) is 0 Å². The molecule has 2 N–H and O–H groups in total. The van der Waals surface area contributed by atoms with Gasteiger partial charge in [0.05, 0.1) is 10.6 Å². The summed E-state index contributed by atoms with van der Waals surface area (Å²) < 4.78 is 27.0. The van der Waals surface area contributed by atoms with Gasteiger partial charge in [0.25, 0.3) is 15.9 Å². The number of anilines is 1. The summed E-state index contributed by atoms with van der Waals surface area (Å²) in [5, 5.41) is 2.52. The minimum absolute atomic E-state index is 0.194. The van der Waals surface area contributed by atoms with E-state index in [1.54, 1.807) is 50.4 Å². The van der Waals surface area contributed by atoms with Gasteiger partial charge < -0.3 is 5.32 Å². The second kappa shape index (κ2) is 5.97. The molecule has 21 heavy (non-hydrogen) atoms. The largest absolute Gasteiger partial charge is 0.355 e. The molecule has 1 amide bonds. The van der Waals surface area contributed by atoms with Crippen LogP contribution >= 0.6 is 0 Å². The number of carbonyl (C=O) groups excluding carboxylic acids is 1. The summed E-state index contributed by atoms with van der Waals surface area (Å²) >= 11 is 0. The molecule has 0 radical (unpaired) electrons. The molecule has 110 valence electrons. The normalized spacial score (nSPS) is 11.0. The Bertz CT molecular complexity index is 756. The molecule has 0 saturated carbocycles. The van der Waals surface area contributed by atoms with Gasteiger partial charge in [0.15, 0.2) is 0 Å². The minimum atomic E-state index is -3.63. The number of nitrogens with one attached hydrogen (secondary N) is 2. The van der Waals surface area contributed by atoms with Gasteiger partial charge in [-0.05, 0) is 42.8 Å². The van der Waals surface area contributed by atoms with E-state index in [4.69, 9.17) is 0 Å². The van der Waals surface area contributed by atoms with Crippen LogP contribution < -0.4 is 10.0 Å². The number of hydrogen-bond acceptors (Lipinski definition) is 3. The Balaban J connectivity index is 2.30. The van der Waals surface area contributed by atoms with Crippen LogP contribution in [0.4, 0.5) is 5.69 Å². The molecule has 0 unspecified atom stereocenters. The average Bonchev–Trinajstić information content (AvgIpc) is 2.49. The quantitative estimate of drug-likeness (QED) is 0.909. The van der Waals surface area contributed by atoms with E-state index in [1.807, 2.05) is 0 Å². The molecule has 0 atom stereocenters. The number of carbonyl (C=O) groups is 1. The molecule has 0 aliphatic rings. The van der Waals surface area contributed by atoms with E-state index in [0.29, 0.717) is 16.8 Å². The maximum Gasteiger partial charge on any atom is 0.261 e. The first-order chi connectivity index (χ1) is 9.94. The lowest BCUT2D eigenvalue weighted by Gasteiger charge is -2.11. The highest BCUT2D eigenvalue weighted by atomic mass is 32.2. The monoisotopic (exact) mass is 304 g/mol. The third kappa shape index (κ3) is 3.41. The van der Waals surface area contributed by atoms with Crippen LogP contribution in [0.1, 0.15) is 15.9 Å². The Morgan fingerprint density at radius 3 is 2.29 bits per heavy atom. The van der Waals surface area contributed by atoms with Crippen molar-refractivity contribution < 1.29 is 13.2 Å². The topological polar surface area (TPSA) is 75.3 Å². The number of amides is 1. The van der Waals surface area contributed by atoms with Crippen LogP contribution in [0.15, 0.2) is 53.4 Å². The van der Waals surface area contributed by atoms with Crippen molar-refractivity contribution in [2.45, 2.75) is 11.8 Å². The predicted molar refractivity (Wildman–Crippen MR) is 81.8 cm³/mol. The fourth-order valence-corrected chi connectivity index (χ4v) is 3.02. The van der Waals surface area contributed by atoms with Gasteiger partial charge in [0, 0.05) is 12.6 Å². The molecule has 0 saturated heterocycles. The summed E-state index contributed by atoms with van der Waals surface area (Å²) in [4.78, 5) is 11.7. The van der Waals surface area contributed by atoms with Gasteiger partial charge >= 0.3 is 0 Å². The van der Waals surface area contributed by atoms with Crippen LogP contribution in [0.25, 0.3) is 0 Å². The molecule has 2 aromatic carbocycles. The standard InChI is InChI=1S/C15H16N2O3S/c1-11-10-12(15(18)16-2)8-9-14(11)17-21(19,20)13-6-4-3-5-7-13/h3-10,17H,1-2H3,(H,16,18). The van der Waals surface area contributed by atoms with Crippen LogP contribution in [0.3, 0.4) is 0 Å². The summed E-state index contributed by atoms with van der Waals surface area (Å²) in [6.07, 6.45) is 0. The van der Waals surface area contributed by atoms with Crippen molar-refractivity contribution >= 4 is 21.6 Å². The van der Waals surface area contributed by atoms with Gasteiger partial charge in [-0.15, -0.1) is 0 Å². The summed E-state index contributed by atoms with van der Waals surface area (Å²) in [7, 11) is -2.08. The highest BCUT2D eigenvalue weighted by molar-refractivity contribution is 7.92. The van der Waals surface area contributed by atoms with Crippen LogP contribution in [-0.4, -0.2) is 21.4 Å². The zero-order chi connectivity index (χ0) is 15.5. The summed E-state index contributed by atoms with van der Waals surface area (Å²) in [6, 6.07) is 12.9. The molecule has 0 aromatic heterocycles. The lowest BCUT2D eigenvalue weighted by Crippen LogP contribution is -2.18. The Labute approximate surface area is 124 Å². The van der Waals surface area contributed by atoms with Gasteiger partial charge in [0.2, 0.25) is 0 Å². The molecule has 0 fully saturated rings.